The molecule has 1 aromatic carbocycles. The molecule has 7 heteroatoms. The average Bonchev–Trinajstić information content (AvgIpc) is 2.27. The minimum Gasteiger partial charge on any atom is -0.271 e. The maximum Gasteiger partial charge on any atom is 0.389 e. The molecule has 0 saturated heterocycles. The molecular weight excluding hydrogens is 272 g/mol. The predicted octanol–water partition coefficient (Wildman–Crippen LogP) is 3.20. The molecule has 0 aliphatic heterocycles. The van der Waals surface area contributed by atoms with Gasteiger partial charge in [0.15, 0.2) is 0 Å². The zero-order valence-electron chi connectivity index (χ0n) is 9.40. The summed E-state index contributed by atoms with van der Waals surface area (Å²) in [5, 5.41) is 0.309. The van der Waals surface area contributed by atoms with Crippen LogP contribution in [0.15, 0.2) is 18.2 Å². The Bertz CT molecular complexity index is 395. The molecule has 2 nitrogen and oxygen atoms in total. The number of hydrogen-bond acceptors (Lipinski definition) is 2. The lowest BCUT2D eigenvalue weighted by Crippen LogP contribution is -2.37. The average molecular weight is 285 g/mol. The molecule has 0 saturated carbocycles. The molecular formula is C11H13ClF4N2. The maximum atomic E-state index is 13.0. The van der Waals surface area contributed by atoms with Crippen LogP contribution in [0, 0.1) is 5.82 Å². The van der Waals surface area contributed by atoms with Crippen LogP contribution in [0.2, 0.25) is 5.02 Å². The van der Waals surface area contributed by atoms with Crippen molar-refractivity contribution in [2.45, 2.75) is 31.5 Å². The number of hydrogen-bond donors (Lipinski definition) is 2. The third-order valence-electron chi connectivity index (χ3n) is 2.49. The van der Waals surface area contributed by atoms with Crippen molar-refractivity contribution in [3.63, 3.8) is 0 Å². The molecule has 1 unspecified atom stereocenters. The highest BCUT2D eigenvalue weighted by molar-refractivity contribution is 6.31. The van der Waals surface area contributed by atoms with Gasteiger partial charge in [-0.15, -0.1) is 0 Å². The quantitative estimate of drug-likeness (QED) is 0.495. The molecule has 102 valence electrons. The molecule has 0 spiro atoms. The van der Waals surface area contributed by atoms with Crippen LogP contribution in [0.3, 0.4) is 0 Å². The first kappa shape index (κ1) is 15.2. The van der Waals surface area contributed by atoms with E-state index in [4.69, 9.17) is 17.4 Å². The van der Waals surface area contributed by atoms with Gasteiger partial charge >= 0.3 is 6.18 Å². The summed E-state index contributed by atoms with van der Waals surface area (Å²) in [7, 11) is 0. The molecule has 1 atom stereocenters. The van der Waals surface area contributed by atoms with E-state index in [1.165, 1.54) is 18.2 Å². The van der Waals surface area contributed by atoms with Crippen LogP contribution in [-0.2, 0) is 6.42 Å². The summed E-state index contributed by atoms with van der Waals surface area (Å²) in [5.41, 5.74) is 2.72. The van der Waals surface area contributed by atoms with E-state index in [1.807, 2.05) is 0 Å². The molecule has 0 radical (unpaired) electrons. The number of alkyl halides is 3. The normalized spacial score (nSPS) is 13.7. The van der Waals surface area contributed by atoms with Crippen molar-refractivity contribution < 1.29 is 17.6 Å². The Morgan fingerprint density at radius 3 is 2.56 bits per heavy atom. The van der Waals surface area contributed by atoms with Gasteiger partial charge in [-0.2, -0.15) is 13.2 Å². The first-order valence-electron chi connectivity index (χ1n) is 5.28. The standard InChI is InChI=1S/C11H13ClF4N2/c12-10-2-1-8(13)5-7(10)6-9(18-17)3-4-11(14,15)16/h1-2,5,9,18H,3-4,6,17H2. The SMILES string of the molecule is NNC(CCC(F)(F)F)Cc1cc(F)ccc1Cl. The second-order valence-electron chi connectivity index (χ2n) is 3.96. The first-order valence-corrected chi connectivity index (χ1v) is 5.66. The fourth-order valence-corrected chi connectivity index (χ4v) is 1.74. The second kappa shape index (κ2) is 6.36. The summed E-state index contributed by atoms with van der Waals surface area (Å²) in [6.07, 6.45) is -5.23. The fourth-order valence-electron chi connectivity index (χ4n) is 1.55. The van der Waals surface area contributed by atoms with Gasteiger partial charge in [-0.3, -0.25) is 11.3 Å². The Hall–Kier alpha value is -0.850. The summed E-state index contributed by atoms with van der Waals surface area (Å²) >= 11 is 5.83. The number of nitrogens with one attached hydrogen (secondary N) is 1. The highest BCUT2D eigenvalue weighted by atomic mass is 35.5. The van der Waals surface area contributed by atoms with E-state index in [1.54, 1.807) is 0 Å². The van der Waals surface area contributed by atoms with Crippen molar-refractivity contribution in [1.29, 1.82) is 0 Å². The second-order valence-corrected chi connectivity index (χ2v) is 4.36. The minimum absolute atomic E-state index is 0.142. The van der Waals surface area contributed by atoms with Crippen molar-refractivity contribution in [1.82, 2.24) is 5.43 Å². The van der Waals surface area contributed by atoms with Gasteiger partial charge in [0.2, 0.25) is 0 Å². The van der Waals surface area contributed by atoms with Gasteiger partial charge in [0.05, 0.1) is 0 Å². The summed E-state index contributed by atoms with van der Waals surface area (Å²) in [6.45, 7) is 0. The summed E-state index contributed by atoms with van der Waals surface area (Å²) in [6, 6.07) is 3.14. The highest BCUT2D eigenvalue weighted by Crippen LogP contribution is 2.24. The summed E-state index contributed by atoms with van der Waals surface area (Å²) in [5.74, 6) is 4.70. The Balaban J connectivity index is 2.65. The van der Waals surface area contributed by atoms with Crippen LogP contribution >= 0.6 is 11.6 Å². The van der Waals surface area contributed by atoms with Crippen LogP contribution in [0.1, 0.15) is 18.4 Å². The van der Waals surface area contributed by atoms with Crippen molar-refractivity contribution in [2.24, 2.45) is 5.84 Å². The molecule has 0 fully saturated rings. The summed E-state index contributed by atoms with van der Waals surface area (Å²) in [4.78, 5) is 0. The molecule has 0 bridgehead atoms. The Morgan fingerprint density at radius 1 is 1.33 bits per heavy atom. The van der Waals surface area contributed by atoms with E-state index in [0.717, 1.165) is 0 Å². The van der Waals surface area contributed by atoms with E-state index >= 15 is 0 Å². The summed E-state index contributed by atoms with van der Waals surface area (Å²) < 4.78 is 49.2. The van der Waals surface area contributed by atoms with Crippen molar-refractivity contribution in [3.05, 3.63) is 34.6 Å². The maximum absolute atomic E-state index is 13.0. The largest absolute Gasteiger partial charge is 0.389 e. The molecule has 1 aromatic rings. The number of nitrogens with two attached hydrogens (primary N) is 1. The van der Waals surface area contributed by atoms with E-state index in [9.17, 15) is 17.6 Å². The third-order valence-corrected chi connectivity index (χ3v) is 2.85. The molecule has 18 heavy (non-hydrogen) atoms. The number of hydrazine groups is 1. The molecule has 1 rings (SSSR count). The van der Waals surface area contributed by atoms with Crippen LogP contribution < -0.4 is 11.3 Å². The number of benzene rings is 1. The minimum atomic E-state index is -4.24. The topological polar surface area (TPSA) is 38.0 Å². The van der Waals surface area contributed by atoms with Gasteiger partial charge in [0.25, 0.3) is 0 Å². The van der Waals surface area contributed by atoms with Gasteiger partial charge in [-0.25, -0.2) is 4.39 Å². The van der Waals surface area contributed by atoms with Gasteiger partial charge in [-0.05, 0) is 36.6 Å². The lowest BCUT2D eigenvalue weighted by atomic mass is 10.0. The van der Waals surface area contributed by atoms with Crippen molar-refractivity contribution in [2.75, 3.05) is 0 Å². The third kappa shape index (κ3) is 5.20. The Labute approximate surface area is 107 Å². The van der Waals surface area contributed by atoms with E-state index in [-0.39, 0.29) is 12.8 Å². The molecule has 3 N–H and O–H groups in total. The lowest BCUT2D eigenvalue weighted by molar-refractivity contribution is -0.136. The van der Waals surface area contributed by atoms with Gasteiger partial charge in [-0.1, -0.05) is 11.6 Å². The predicted molar refractivity (Wildman–Crippen MR) is 61.5 cm³/mol. The Kier molecular flexibility index (Phi) is 5.37. The van der Waals surface area contributed by atoms with Crippen LogP contribution in [-0.4, -0.2) is 12.2 Å². The van der Waals surface area contributed by atoms with Crippen LogP contribution in [0.4, 0.5) is 17.6 Å². The highest BCUT2D eigenvalue weighted by Gasteiger charge is 2.28. The van der Waals surface area contributed by atoms with E-state index in [0.29, 0.717) is 10.6 Å². The zero-order valence-corrected chi connectivity index (χ0v) is 10.2. The van der Waals surface area contributed by atoms with Gasteiger partial charge in [0, 0.05) is 17.5 Å². The number of halogens is 5. The molecule has 0 amide bonds. The molecule has 0 aliphatic carbocycles. The van der Waals surface area contributed by atoms with Crippen molar-refractivity contribution in [3.8, 4) is 0 Å². The first-order chi connectivity index (χ1) is 8.31. The lowest BCUT2D eigenvalue weighted by Gasteiger charge is -2.17. The van der Waals surface area contributed by atoms with E-state index in [2.05, 4.69) is 5.43 Å². The fraction of sp³-hybridized carbons (Fsp3) is 0.455. The molecule has 0 heterocycles. The number of rotatable bonds is 5. The van der Waals surface area contributed by atoms with E-state index < -0.39 is 24.5 Å². The zero-order chi connectivity index (χ0) is 13.8. The van der Waals surface area contributed by atoms with Crippen LogP contribution in [0.5, 0.6) is 0 Å². The molecule has 0 aliphatic rings. The monoisotopic (exact) mass is 284 g/mol. The van der Waals surface area contributed by atoms with Gasteiger partial charge < -0.3 is 0 Å². The molecule has 0 aromatic heterocycles. The van der Waals surface area contributed by atoms with Crippen LogP contribution in [0.25, 0.3) is 0 Å². The Morgan fingerprint density at radius 2 is 2.00 bits per heavy atom. The van der Waals surface area contributed by atoms with Gasteiger partial charge in [0.1, 0.15) is 5.82 Å². The smallest absolute Gasteiger partial charge is 0.271 e. The van der Waals surface area contributed by atoms with Crippen molar-refractivity contribution >= 4 is 11.6 Å².